The van der Waals surface area contributed by atoms with Gasteiger partial charge in [-0.3, -0.25) is 0 Å². The van der Waals surface area contributed by atoms with Crippen molar-refractivity contribution < 1.29 is 75.3 Å². The van der Waals surface area contributed by atoms with Gasteiger partial charge in [-0.2, -0.15) is 48.3 Å². The highest BCUT2D eigenvalue weighted by Crippen LogP contribution is 2.44. The molecule has 1 rings (SSSR count). The van der Waals surface area contributed by atoms with E-state index in [4.69, 9.17) is 0 Å². The van der Waals surface area contributed by atoms with Gasteiger partial charge in [-0.05, 0) is 0 Å². The van der Waals surface area contributed by atoms with Crippen LogP contribution in [0.15, 0.2) is 0 Å². The smallest absolute Gasteiger partial charge is 0.376 e. The molecular weight excluding hydrogens is 475 g/mol. The first-order chi connectivity index (χ1) is 13.1. The minimum absolute atomic E-state index is 1.20. The number of hydrogen-bond donors (Lipinski definition) is 0. The SMILES string of the molecule is FC(C(F)(F)F)C(F)(F)CC1COCC(C(F)(F)C(F)N(C(F)(F)F)C(F)(F)F)O1. The molecule has 0 bridgehead atoms. The Labute approximate surface area is 156 Å². The van der Waals surface area contributed by atoms with Crippen LogP contribution >= 0.6 is 0 Å². The fourth-order valence-electron chi connectivity index (χ4n) is 2.30. The number of nitrogens with zero attached hydrogens (tertiary/aromatic N) is 1. The van der Waals surface area contributed by atoms with E-state index in [0.717, 1.165) is 0 Å². The van der Waals surface area contributed by atoms with Crippen LogP contribution < -0.4 is 0 Å². The maximum Gasteiger partial charge on any atom is 0.469 e. The molecule has 0 aliphatic carbocycles. The normalized spacial score (nSPS) is 24.8. The van der Waals surface area contributed by atoms with Gasteiger partial charge < -0.3 is 9.47 Å². The summed E-state index contributed by atoms with van der Waals surface area (Å²) in [7, 11) is 0. The van der Waals surface area contributed by atoms with Crippen molar-refractivity contribution in [3.8, 4) is 0 Å². The Bertz CT molecular complexity index is 557. The molecule has 0 N–H and O–H groups in total. The number of alkyl halides is 15. The maximum atomic E-state index is 13.9. The second-order valence-corrected chi connectivity index (χ2v) is 5.97. The largest absolute Gasteiger partial charge is 0.469 e. The predicted octanol–water partition coefficient (Wildman–Crippen LogP) is 4.97. The third-order valence-electron chi connectivity index (χ3n) is 3.61. The van der Waals surface area contributed by atoms with E-state index in [1.165, 1.54) is 0 Å². The highest BCUT2D eigenvalue weighted by Gasteiger charge is 2.67. The van der Waals surface area contributed by atoms with Gasteiger partial charge in [0, 0.05) is 6.42 Å². The molecule has 18 heteroatoms. The number of hydrogen-bond acceptors (Lipinski definition) is 3. The molecular formula is C12H10F15NO2. The summed E-state index contributed by atoms with van der Waals surface area (Å²) in [6.07, 6.45) is -37.6. The van der Waals surface area contributed by atoms with Gasteiger partial charge in [-0.25, -0.2) is 17.6 Å². The fourth-order valence-corrected chi connectivity index (χ4v) is 2.30. The second kappa shape index (κ2) is 8.40. The molecule has 30 heavy (non-hydrogen) atoms. The average molecular weight is 485 g/mol. The zero-order valence-corrected chi connectivity index (χ0v) is 13.9. The molecule has 0 saturated carbocycles. The molecule has 0 radical (unpaired) electrons. The van der Waals surface area contributed by atoms with Crippen molar-refractivity contribution in [2.75, 3.05) is 13.2 Å². The molecule has 0 amide bonds. The molecule has 180 valence electrons. The van der Waals surface area contributed by atoms with Crippen LogP contribution in [0, 0.1) is 0 Å². The van der Waals surface area contributed by atoms with Crippen LogP contribution in [0.5, 0.6) is 0 Å². The third-order valence-corrected chi connectivity index (χ3v) is 3.61. The van der Waals surface area contributed by atoms with Crippen LogP contribution in [-0.4, -0.2) is 73.4 Å². The van der Waals surface area contributed by atoms with E-state index in [-0.39, 0.29) is 0 Å². The molecule has 0 aromatic heterocycles. The molecule has 0 spiro atoms. The second-order valence-electron chi connectivity index (χ2n) is 5.97. The molecule has 1 saturated heterocycles. The lowest BCUT2D eigenvalue weighted by Gasteiger charge is -2.40. The third kappa shape index (κ3) is 6.18. The highest BCUT2D eigenvalue weighted by atomic mass is 19.4. The Morgan fingerprint density at radius 2 is 1.23 bits per heavy atom. The molecule has 3 nitrogen and oxygen atoms in total. The van der Waals surface area contributed by atoms with Gasteiger partial charge in [0.15, 0.2) is 0 Å². The first-order valence-corrected chi connectivity index (χ1v) is 7.38. The standard InChI is InChI=1S/C12H10F15NO2/c13-6(10(19,20)21)8(15,16)1-4-2-29-3-5(30-4)9(17,18)7(14)28(11(22,23)24)12(25,26)27/h4-7H,1-3H2. The summed E-state index contributed by atoms with van der Waals surface area (Å²) in [5.41, 5.74) is 0. The molecule has 1 aliphatic heterocycles. The van der Waals surface area contributed by atoms with Gasteiger partial charge in [0.05, 0.1) is 19.3 Å². The van der Waals surface area contributed by atoms with E-state index < -0.39 is 79.8 Å². The van der Waals surface area contributed by atoms with Gasteiger partial charge in [0.2, 0.25) is 6.30 Å². The summed E-state index contributed by atoms with van der Waals surface area (Å²) in [6.45, 7) is -2.80. The van der Waals surface area contributed by atoms with E-state index >= 15 is 0 Å². The van der Waals surface area contributed by atoms with Crippen molar-refractivity contribution in [3.05, 3.63) is 0 Å². The van der Waals surface area contributed by atoms with E-state index in [1.54, 1.807) is 0 Å². The number of halogens is 15. The Kier molecular flexibility index (Phi) is 7.52. The zero-order chi connectivity index (χ0) is 23.9. The molecule has 1 aliphatic rings. The van der Waals surface area contributed by atoms with E-state index in [0.29, 0.717) is 0 Å². The summed E-state index contributed by atoms with van der Waals surface area (Å²) in [5.74, 6) is -11.0. The van der Waals surface area contributed by atoms with Crippen molar-refractivity contribution >= 4 is 0 Å². The molecule has 0 aromatic carbocycles. The van der Waals surface area contributed by atoms with Crippen LogP contribution in [-0.2, 0) is 9.47 Å². The van der Waals surface area contributed by atoms with Crippen molar-refractivity contribution in [2.24, 2.45) is 0 Å². The predicted molar refractivity (Wildman–Crippen MR) is 63.8 cm³/mol. The van der Waals surface area contributed by atoms with Crippen LogP contribution in [0.4, 0.5) is 65.9 Å². The van der Waals surface area contributed by atoms with Crippen molar-refractivity contribution in [1.82, 2.24) is 4.90 Å². The van der Waals surface area contributed by atoms with Crippen molar-refractivity contribution in [3.63, 3.8) is 0 Å². The minimum Gasteiger partial charge on any atom is -0.376 e. The lowest BCUT2D eigenvalue weighted by atomic mass is 10.0. The Balaban J connectivity index is 3.03. The van der Waals surface area contributed by atoms with Gasteiger partial charge in [-0.1, -0.05) is 4.90 Å². The first kappa shape index (κ1) is 26.9. The van der Waals surface area contributed by atoms with Gasteiger partial charge in [0.1, 0.15) is 6.10 Å². The lowest BCUT2D eigenvalue weighted by Crippen LogP contribution is -2.63. The molecule has 1 heterocycles. The molecule has 0 aromatic rings. The molecule has 4 unspecified atom stereocenters. The van der Waals surface area contributed by atoms with E-state index in [9.17, 15) is 65.9 Å². The van der Waals surface area contributed by atoms with Gasteiger partial charge in [-0.15, -0.1) is 0 Å². The topological polar surface area (TPSA) is 21.7 Å². The van der Waals surface area contributed by atoms with Crippen LogP contribution in [0.25, 0.3) is 0 Å². The van der Waals surface area contributed by atoms with Crippen LogP contribution in [0.2, 0.25) is 0 Å². The first-order valence-electron chi connectivity index (χ1n) is 7.38. The minimum atomic E-state index is -6.70. The van der Waals surface area contributed by atoms with Crippen molar-refractivity contribution in [1.29, 1.82) is 0 Å². The summed E-state index contributed by atoms with van der Waals surface area (Å²) in [6, 6.07) is 0. The Hall–Kier alpha value is -1.17. The summed E-state index contributed by atoms with van der Waals surface area (Å²) in [5, 5.41) is 0. The molecule has 1 fully saturated rings. The quantitative estimate of drug-likeness (QED) is 0.392. The Morgan fingerprint density at radius 3 is 1.63 bits per heavy atom. The van der Waals surface area contributed by atoms with Crippen LogP contribution in [0.3, 0.4) is 0 Å². The maximum absolute atomic E-state index is 13.9. The summed E-state index contributed by atoms with van der Waals surface area (Å²) >= 11 is 0. The summed E-state index contributed by atoms with van der Waals surface area (Å²) < 4.78 is 200. The zero-order valence-electron chi connectivity index (χ0n) is 13.9. The van der Waals surface area contributed by atoms with E-state index in [1.807, 2.05) is 0 Å². The van der Waals surface area contributed by atoms with Gasteiger partial charge in [0.25, 0.3) is 12.1 Å². The Morgan fingerprint density at radius 1 is 0.767 bits per heavy atom. The lowest BCUT2D eigenvalue weighted by molar-refractivity contribution is -0.421. The highest BCUT2D eigenvalue weighted by molar-refractivity contribution is 4.92. The number of ether oxygens (including phenoxy) is 2. The van der Waals surface area contributed by atoms with Crippen molar-refractivity contribution in [2.45, 2.75) is 61.7 Å². The average Bonchev–Trinajstić information content (AvgIpc) is 2.50. The monoisotopic (exact) mass is 485 g/mol. The summed E-state index contributed by atoms with van der Waals surface area (Å²) in [4.78, 5) is -3.12. The van der Waals surface area contributed by atoms with Crippen LogP contribution in [0.1, 0.15) is 6.42 Å². The van der Waals surface area contributed by atoms with E-state index in [2.05, 4.69) is 9.47 Å². The van der Waals surface area contributed by atoms with Gasteiger partial charge >= 0.3 is 24.7 Å². The fraction of sp³-hybridized carbons (Fsp3) is 1.00. The molecule has 4 atom stereocenters. The number of rotatable bonds is 6.